The molecular weight excluding hydrogens is 314 g/mol. The van der Waals surface area contributed by atoms with Crippen LogP contribution in [0.25, 0.3) is 0 Å². The molecule has 0 aromatic heterocycles. The zero-order valence-electron chi connectivity index (χ0n) is 15.8. The van der Waals surface area contributed by atoms with Gasteiger partial charge in [-0.2, -0.15) is 0 Å². The van der Waals surface area contributed by atoms with Gasteiger partial charge in [0.2, 0.25) is 0 Å². The average Bonchev–Trinajstić information content (AvgIpc) is 2.62. The van der Waals surface area contributed by atoms with E-state index < -0.39 is 0 Å². The molecule has 0 spiro atoms. The smallest absolute Gasteiger partial charge is 0.278 e. The van der Waals surface area contributed by atoms with Crippen LogP contribution in [0, 0.1) is 0 Å². The lowest BCUT2D eigenvalue weighted by atomic mass is 9.97. The van der Waals surface area contributed by atoms with Gasteiger partial charge in [0, 0.05) is 17.8 Å². The van der Waals surface area contributed by atoms with Crippen LogP contribution in [0.1, 0.15) is 33.1 Å². The van der Waals surface area contributed by atoms with Gasteiger partial charge in [-0.05, 0) is 57.4 Å². The van der Waals surface area contributed by atoms with E-state index in [0.717, 1.165) is 44.8 Å². The summed E-state index contributed by atoms with van der Waals surface area (Å²) < 4.78 is 5.23. The van der Waals surface area contributed by atoms with E-state index >= 15 is 0 Å². The van der Waals surface area contributed by atoms with E-state index in [2.05, 4.69) is 35.8 Å². The number of piperazine rings is 1. The molecule has 25 heavy (non-hydrogen) atoms. The lowest BCUT2D eigenvalue weighted by Gasteiger charge is -2.40. The summed E-state index contributed by atoms with van der Waals surface area (Å²) in [5.74, 6) is 1.23. The maximum Gasteiger partial charge on any atom is 0.278 e. The number of likely N-dealkylation sites (tertiary alicyclic amines) is 1. The summed E-state index contributed by atoms with van der Waals surface area (Å²) in [6, 6.07) is 9.06. The Hall–Kier alpha value is -1.75. The highest BCUT2D eigenvalue weighted by atomic mass is 16.5. The van der Waals surface area contributed by atoms with Crippen molar-refractivity contribution in [1.29, 1.82) is 0 Å². The Morgan fingerprint density at radius 2 is 1.72 bits per heavy atom. The van der Waals surface area contributed by atoms with E-state index in [0.29, 0.717) is 24.5 Å². The maximum atomic E-state index is 12.8. The molecule has 1 aromatic rings. The Balaban J connectivity index is 1.51. The molecule has 2 atom stereocenters. The molecule has 2 aliphatic rings. The summed E-state index contributed by atoms with van der Waals surface area (Å²) in [5.41, 5.74) is 1.24. The highest BCUT2D eigenvalue weighted by molar-refractivity contribution is 5.77. The van der Waals surface area contributed by atoms with E-state index in [1.807, 2.05) is 12.1 Å². The number of amides is 1. The largest absolute Gasteiger partial charge is 0.497 e. The van der Waals surface area contributed by atoms with Crippen LogP contribution in [0.3, 0.4) is 0 Å². The van der Waals surface area contributed by atoms with Crippen LogP contribution in [-0.2, 0) is 4.79 Å². The van der Waals surface area contributed by atoms with Gasteiger partial charge < -0.3 is 19.4 Å². The summed E-state index contributed by atoms with van der Waals surface area (Å²) in [4.78, 5) is 18.8. The first kappa shape index (κ1) is 18.1. The molecule has 1 N–H and O–H groups in total. The Labute approximate surface area is 151 Å². The second-order valence-corrected chi connectivity index (χ2v) is 7.54. The molecule has 5 nitrogen and oxygen atoms in total. The standard InChI is InChI=1S/C20H31N3O2/c1-16-5-4-6-17(2)23(16)20(24)15-21-11-13-22(14-12-21)18-7-9-19(25-3)10-8-18/h7-10,16-17H,4-6,11-15H2,1-3H3/p+1/t16-,17-/m0/s1. The third kappa shape index (κ3) is 4.27. The highest BCUT2D eigenvalue weighted by Gasteiger charge is 2.32. The maximum absolute atomic E-state index is 12.8. The first-order chi connectivity index (χ1) is 12.1. The fraction of sp³-hybridized carbons (Fsp3) is 0.650. The van der Waals surface area contributed by atoms with Crippen LogP contribution in [0.2, 0.25) is 0 Å². The Bertz CT molecular complexity index is 557. The van der Waals surface area contributed by atoms with Gasteiger partial charge in [0.1, 0.15) is 5.75 Å². The fourth-order valence-corrected chi connectivity index (χ4v) is 4.27. The van der Waals surface area contributed by atoms with Gasteiger partial charge in [-0.3, -0.25) is 4.79 Å². The summed E-state index contributed by atoms with van der Waals surface area (Å²) >= 11 is 0. The zero-order chi connectivity index (χ0) is 17.8. The quantitative estimate of drug-likeness (QED) is 0.890. The molecule has 2 saturated heterocycles. The number of piperidine rings is 1. The molecular formula is C20H32N3O2+. The average molecular weight is 346 g/mol. The molecule has 0 saturated carbocycles. The van der Waals surface area contributed by atoms with Crippen molar-refractivity contribution in [2.45, 2.75) is 45.2 Å². The van der Waals surface area contributed by atoms with Crippen molar-refractivity contribution in [3.63, 3.8) is 0 Å². The number of nitrogens with zero attached hydrogens (tertiary/aromatic N) is 2. The number of methoxy groups -OCH3 is 1. The van der Waals surface area contributed by atoms with E-state index in [4.69, 9.17) is 4.74 Å². The first-order valence-corrected chi connectivity index (χ1v) is 9.62. The summed E-state index contributed by atoms with van der Waals surface area (Å²) in [6.07, 6.45) is 3.55. The second kappa shape index (κ2) is 8.09. The minimum absolute atomic E-state index is 0.340. The van der Waals surface area contributed by atoms with Crippen molar-refractivity contribution < 1.29 is 14.4 Å². The molecule has 0 bridgehead atoms. The number of carbonyl (C=O) groups excluding carboxylic acids is 1. The number of carbonyl (C=O) groups is 1. The molecule has 1 aromatic carbocycles. The molecule has 0 unspecified atom stereocenters. The molecule has 1 amide bonds. The van der Waals surface area contributed by atoms with Gasteiger partial charge in [-0.15, -0.1) is 0 Å². The van der Waals surface area contributed by atoms with Gasteiger partial charge in [-0.1, -0.05) is 0 Å². The minimum Gasteiger partial charge on any atom is -0.497 e. The molecule has 2 fully saturated rings. The van der Waals surface area contributed by atoms with E-state index in [-0.39, 0.29) is 0 Å². The predicted octanol–water partition coefficient (Wildman–Crippen LogP) is 1.19. The van der Waals surface area contributed by atoms with Gasteiger partial charge in [0.25, 0.3) is 5.91 Å². The summed E-state index contributed by atoms with van der Waals surface area (Å²) in [6.45, 7) is 9.09. The molecule has 2 aliphatic heterocycles. The van der Waals surface area contributed by atoms with Crippen LogP contribution in [-0.4, -0.2) is 62.7 Å². The number of rotatable bonds is 4. The Morgan fingerprint density at radius 1 is 1.12 bits per heavy atom. The van der Waals surface area contributed by atoms with E-state index in [1.54, 1.807) is 7.11 Å². The SMILES string of the molecule is COc1ccc(N2CC[NH+](CC(=O)N3[C@@H](C)CCC[C@@H]3C)CC2)cc1. The van der Waals surface area contributed by atoms with Gasteiger partial charge in [-0.25, -0.2) is 0 Å². The molecule has 0 radical (unpaired) electrons. The Kier molecular flexibility index (Phi) is 5.84. The van der Waals surface area contributed by atoms with Crippen molar-refractivity contribution in [2.75, 3.05) is 44.7 Å². The number of hydrogen-bond acceptors (Lipinski definition) is 3. The van der Waals surface area contributed by atoms with Crippen molar-refractivity contribution in [2.24, 2.45) is 0 Å². The molecule has 5 heteroatoms. The van der Waals surface area contributed by atoms with Crippen molar-refractivity contribution in [1.82, 2.24) is 4.90 Å². The Morgan fingerprint density at radius 3 is 2.28 bits per heavy atom. The van der Waals surface area contributed by atoms with Gasteiger partial charge in [0.05, 0.1) is 33.3 Å². The highest BCUT2D eigenvalue weighted by Crippen LogP contribution is 2.22. The number of hydrogen-bond donors (Lipinski definition) is 1. The molecule has 2 heterocycles. The minimum atomic E-state index is 0.340. The number of quaternary nitrogens is 1. The molecule has 138 valence electrons. The zero-order valence-corrected chi connectivity index (χ0v) is 15.8. The number of anilines is 1. The topological polar surface area (TPSA) is 37.2 Å². The first-order valence-electron chi connectivity index (χ1n) is 9.62. The van der Waals surface area contributed by atoms with Crippen LogP contribution in [0.5, 0.6) is 5.75 Å². The third-order valence-corrected chi connectivity index (χ3v) is 5.79. The van der Waals surface area contributed by atoms with Crippen LogP contribution < -0.4 is 14.5 Å². The van der Waals surface area contributed by atoms with E-state index in [1.165, 1.54) is 17.0 Å². The van der Waals surface area contributed by atoms with Crippen LogP contribution >= 0.6 is 0 Å². The lowest BCUT2D eigenvalue weighted by Crippen LogP contribution is -3.16. The number of nitrogens with one attached hydrogen (secondary N) is 1. The second-order valence-electron chi connectivity index (χ2n) is 7.54. The number of ether oxygens (including phenoxy) is 1. The van der Waals surface area contributed by atoms with Crippen molar-refractivity contribution in [3.05, 3.63) is 24.3 Å². The van der Waals surface area contributed by atoms with E-state index in [9.17, 15) is 4.79 Å². The van der Waals surface area contributed by atoms with Crippen LogP contribution in [0.4, 0.5) is 5.69 Å². The van der Waals surface area contributed by atoms with Crippen molar-refractivity contribution >= 4 is 11.6 Å². The summed E-state index contributed by atoms with van der Waals surface area (Å²) in [5, 5.41) is 0. The van der Waals surface area contributed by atoms with Gasteiger partial charge in [0.15, 0.2) is 6.54 Å². The molecule has 3 rings (SSSR count). The summed E-state index contributed by atoms with van der Waals surface area (Å²) in [7, 11) is 1.69. The lowest BCUT2D eigenvalue weighted by molar-refractivity contribution is -0.892. The van der Waals surface area contributed by atoms with Crippen molar-refractivity contribution in [3.8, 4) is 5.75 Å². The molecule has 0 aliphatic carbocycles. The number of benzene rings is 1. The predicted molar refractivity (Wildman–Crippen MR) is 100 cm³/mol. The van der Waals surface area contributed by atoms with Gasteiger partial charge >= 0.3 is 0 Å². The fourth-order valence-electron chi connectivity index (χ4n) is 4.27. The van der Waals surface area contributed by atoms with Crippen LogP contribution in [0.15, 0.2) is 24.3 Å². The normalized spacial score (nSPS) is 25.1. The third-order valence-electron chi connectivity index (χ3n) is 5.79. The monoisotopic (exact) mass is 346 g/mol.